The Morgan fingerprint density at radius 2 is 1.85 bits per heavy atom. The number of amides is 1. The maximum Gasteiger partial charge on any atom is 0.416 e. The SMILES string of the molecule is O=C(O)Cn1c(=NC(=O)c2cccc(C(F)(F)F)c2)sc2ccccc21. The van der Waals surface area contributed by atoms with E-state index in [2.05, 4.69) is 4.99 Å². The fraction of sp³-hybridized carbons (Fsp3) is 0.118. The van der Waals surface area contributed by atoms with E-state index in [-0.39, 0.29) is 10.4 Å². The first kappa shape index (κ1) is 17.9. The molecule has 1 N–H and O–H groups in total. The molecule has 134 valence electrons. The summed E-state index contributed by atoms with van der Waals surface area (Å²) in [6, 6.07) is 10.8. The Morgan fingerprint density at radius 3 is 2.54 bits per heavy atom. The summed E-state index contributed by atoms with van der Waals surface area (Å²) in [7, 11) is 0. The summed E-state index contributed by atoms with van der Waals surface area (Å²) in [5.41, 5.74) is -0.594. The van der Waals surface area contributed by atoms with Crippen LogP contribution in [0.5, 0.6) is 0 Å². The van der Waals surface area contributed by atoms with Crippen LogP contribution in [0.3, 0.4) is 0 Å². The molecule has 0 radical (unpaired) electrons. The minimum Gasteiger partial charge on any atom is -0.480 e. The van der Waals surface area contributed by atoms with E-state index >= 15 is 0 Å². The van der Waals surface area contributed by atoms with Gasteiger partial charge in [-0.15, -0.1) is 0 Å². The second-order valence-electron chi connectivity index (χ2n) is 5.33. The molecule has 0 unspecified atom stereocenters. The van der Waals surface area contributed by atoms with Gasteiger partial charge in [-0.1, -0.05) is 29.5 Å². The number of halogens is 3. The van der Waals surface area contributed by atoms with Crippen LogP contribution >= 0.6 is 11.3 Å². The van der Waals surface area contributed by atoms with Crippen molar-refractivity contribution in [2.45, 2.75) is 12.7 Å². The number of nitrogens with zero attached hydrogens (tertiary/aromatic N) is 2. The van der Waals surface area contributed by atoms with Gasteiger partial charge in [0, 0.05) is 5.56 Å². The summed E-state index contributed by atoms with van der Waals surface area (Å²) in [5.74, 6) is -2.00. The normalized spacial score (nSPS) is 12.5. The third kappa shape index (κ3) is 3.67. The van der Waals surface area contributed by atoms with Crippen molar-refractivity contribution in [3.05, 3.63) is 64.5 Å². The lowest BCUT2D eigenvalue weighted by atomic mass is 10.1. The number of carbonyl (C=O) groups is 2. The van der Waals surface area contributed by atoms with E-state index in [0.717, 1.165) is 29.5 Å². The highest BCUT2D eigenvalue weighted by Gasteiger charge is 2.30. The second-order valence-corrected chi connectivity index (χ2v) is 6.34. The molecule has 0 bridgehead atoms. The van der Waals surface area contributed by atoms with Crippen molar-refractivity contribution in [2.75, 3.05) is 0 Å². The molecule has 3 aromatic rings. The van der Waals surface area contributed by atoms with E-state index in [1.54, 1.807) is 24.3 Å². The van der Waals surface area contributed by atoms with Crippen LogP contribution in [0, 0.1) is 0 Å². The van der Waals surface area contributed by atoms with E-state index in [1.807, 2.05) is 0 Å². The maximum atomic E-state index is 12.8. The summed E-state index contributed by atoms with van der Waals surface area (Å²) in [4.78, 5) is 27.4. The first-order chi connectivity index (χ1) is 12.3. The van der Waals surface area contributed by atoms with Crippen LogP contribution < -0.4 is 4.80 Å². The summed E-state index contributed by atoms with van der Waals surface area (Å²) in [6.07, 6.45) is -4.57. The number of aromatic nitrogens is 1. The van der Waals surface area contributed by atoms with Crippen LogP contribution in [-0.4, -0.2) is 21.6 Å². The third-order valence-corrected chi connectivity index (χ3v) is 4.57. The predicted octanol–water partition coefficient (Wildman–Crippen LogP) is 3.55. The van der Waals surface area contributed by atoms with Gasteiger partial charge in [0.2, 0.25) is 0 Å². The minimum atomic E-state index is -4.57. The first-order valence-electron chi connectivity index (χ1n) is 7.32. The number of hydrogen-bond acceptors (Lipinski definition) is 3. The smallest absolute Gasteiger partial charge is 0.416 e. The van der Waals surface area contributed by atoms with Gasteiger partial charge in [-0.3, -0.25) is 9.59 Å². The molecular weight excluding hydrogens is 369 g/mol. The van der Waals surface area contributed by atoms with Gasteiger partial charge in [-0.2, -0.15) is 18.2 Å². The van der Waals surface area contributed by atoms with Crippen LogP contribution in [0.15, 0.2) is 53.5 Å². The van der Waals surface area contributed by atoms with Crippen molar-refractivity contribution in [2.24, 2.45) is 4.99 Å². The number of thiazole rings is 1. The van der Waals surface area contributed by atoms with Crippen molar-refractivity contribution in [1.29, 1.82) is 0 Å². The van der Waals surface area contributed by atoms with Crippen LogP contribution in [0.4, 0.5) is 13.2 Å². The highest BCUT2D eigenvalue weighted by Crippen LogP contribution is 2.29. The zero-order valence-corrected chi connectivity index (χ0v) is 13.8. The molecule has 2 aromatic carbocycles. The molecule has 0 aliphatic rings. The van der Waals surface area contributed by atoms with Crippen molar-refractivity contribution in [3.8, 4) is 0 Å². The fourth-order valence-corrected chi connectivity index (χ4v) is 3.40. The van der Waals surface area contributed by atoms with Gasteiger partial charge in [0.15, 0.2) is 4.80 Å². The van der Waals surface area contributed by atoms with Crippen LogP contribution in [0.1, 0.15) is 15.9 Å². The average molecular weight is 380 g/mol. The molecule has 1 amide bonds. The fourth-order valence-electron chi connectivity index (χ4n) is 2.37. The standard InChI is InChI=1S/C17H11F3N2O3S/c18-17(19,20)11-5-3-4-10(8-11)15(25)21-16-22(9-14(23)24)12-6-1-2-7-13(12)26-16/h1-8H,9H2,(H,23,24). The topological polar surface area (TPSA) is 71.7 Å². The Bertz CT molecular complexity index is 1070. The van der Waals surface area contributed by atoms with E-state index in [4.69, 9.17) is 5.11 Å². The third-order valence-electron chi connectivity index (χ3n) is 3.52. The van der Waals surface area contributed by atoms with Crippen molar-refractivity contribution >= 4 is 33.4 Å². The number of carboxylic acid groups (broad SMARTS) is 1. The molecule has 0 saturated heterocycles. The Balaban J connectivity index is 2.10. The lowest BCUT2D eigenvalue weighted by Crippen LogP contribution is -2.21. The first-order valence-corrected chi connectivity index (χ1v) is 8.14. The number of carbonyl (C=O) groups excluding carboxylic acids is 1. The van der Waals surface area contributed by atoms with Gasteiger partial charge in [-0.25, -0.2) is 0 Å². The summed E-state index contributed by atoms with van der Waals surface area (Å²) in [5, 5.41) is 9.08. The van der Waals surface area contributed by atoms with E-state index in [0.29, 0.717) is 10.2 Å². The molecule has 0 aliphatic carbocycles. The summed E-state index contributed by atoms with van der Waals surface area (Å²) in [6.45, 7) is -0.418. The highest BCUT2D eigenvalue weighted by atomic mass is 32.1. The summed E-state index contributed by atoms with van der Waals surface area (Å²) >= 11 is 1.09. The van der Waals surface area contributed by atoms with Crippen molar-refractivity contribution in [3.63, 3.8) is 0 Å². The van der Waals surface area contributed by atoms with Crippen LogP contribution in [-0.2, 0) is 17.5 Å². The average Bonchev–Trinajstić information content (AvgIpc) is 2.91. The van der Waals surface area contributed by atoms with Gasteiger partial charge in [0.25, 0.3) is 5.91 Å². The molecule has 0 aliphatic heterocycles. The molecule has 0 spiro atoms. The zero-order chi connectivity index (χ0) is 18.9. The molecule has 0 atom stereocenters. The Labute approximate surface area is 148 Å². The van der Waals surface area contributed by atoms with Crippen LogP contribution in [0.2, 0.25) is 0 Å². The van der Waals surface area contributed by atoms with Gasteiger partial charge >= 0.3 is 12.1 Å². The highest BCUT2D eigenvalue weighted by molar-refractivity contribution is 7.16. The molecule has 5 nitrogen and oxygen atoms in total. The van der Waals surface area contributed by atoms with Crippen molar-refractivity contribution in [1.82, 2.24) is 4.57 Å². The largest absolute Gasteiger partial charge is 0.480 e. The zero-order valence-electron chi connectivity index (χ0n) is 13.0. The van der Waals surface area contributed by atoms with Gasteiger partial charge < -0.3 is 9.67 Å². The number of aliphatic carboxylic acids is 1. The quantitative estimate of drug-likeness (QED) is 0.755. The van der Waals surface area contributed by atoms with Gasteiger partial charge in [0.05, 0.1) is 15.8 Å². The number of fused-ring (bicyclic) bond motifs is 1. The van der Waals surface area contributed by atoms with Crippen molar-refractivity contribution < 1.29 is 27.9 Å². The Hall–Kier alpha value is -2.94. The molecule has 0 saturated carbocycles. The molecule has 1 aromatic heterocycles. The lowest BCUT2D eigenvalue weighted by molar-refractivity contribution is -0.138. The minimum absolute atomic E-state index is 0.107. The van der Waals surface area contributed by atoms with Crippen LogP contribution in [0.25, 0.3) is 10.2 Å². The van der Waals surface area contributed by atoms with E-state index in [9.17, 15) is 22.8 Å². The Morgan fingerprint density at radius 1 is 1.12 bits per heavy atom. The molecule has 3 rings (SSSR count). The number of carboxylic acids is 1. The summed E-state index contributed by atoms with van der Waals surface area (Å²) < 4.78 is 40.4. The monoisotopic (exact) mass is 380 g/mol. The number of para-hydroxylation sites is 1. The van der Waals surface area contributed by atoms with Gasteiger partial charge in [0.1, 0.15) is 6.54 Å². The second kappa shape index (κ2) is 6.75. The molecular formula is C17H11F3N2O3S. The molecule has 1 heterocycles. The van der Waals surface area contributed by atoms with E-state index in [1.165, 1.54) is 10.6 Å². The molecule has 26 heavy (non-hydrogen) atoms. The number of benzene rings is 2. The Kier molecular flexibility index (Phi) is 4.64. The van der Waals surface area contributed by atoms with E-state index < -0.39 is 30.2 Å². The number of rotatable bonds is 3. The predicted molar refractivity (Wildman–Crippen MR) is 88.8 cm³/mol. The lowest BCUT2D eigenvalue weighted by Gasteiger charge is -2.06. The number of hydrogen-bond donors (Lipinski definition) is 1. The molecule has 9 heteroatoms. The molecule has 0 fully saturated rings. The maximum absolute atomic E-state index is 12.8. The van der Waals surface area contributed by atoms with Gasteiger partial charge in [-0.05, 0) is 30.3 Å². The number of alkyl halides is 3.